The summed E-state index contributed by atoms with van der Waals surface area (Å²) < 4.78 is 0. The molecule has 2 rings (SSSR count). The van der Waals surface area contributed by atoms with Crippen LogP contribution in [0.1, 0.15) is 36.5 Å². The molecule has 1 saturated heterocycles. The monoisotopic (exact) mass is 293 g/mol. The van der Waals surface area contributed by atoms with Gasteiger partial charge in [0.2, 0.25) is 0 Å². The van der Waals surface area contributed by atoms with Crippen molar-refractivity contribution in [2.75, 3.05) is 26.0 Å². The van der Waals surface area contributed by atoms with Gasteiger partial charge in [-0.15, -0.1) is 11.8 Å². The van der Waals surface area contributed by atoms with Crippen molar-refractivity contribution in [3.8, 4) is 0 Å². The van der Waals surface area contributed by atoms with Crippen LogP contribution >= 0.6 is 11.8 Å². The van der Waals surface area contributed by atoms with Gasteiger partial charge >= 0.3 is 0 Å². The lowest BCUT2D eigenvalue weighted by Crippen LogP contribution is -2.44. The van der Waals surface area contributed by atoms with Crippen LogP contribution < -0.4 is 0 Å². The van der Waals surface area contributed by atoms with Crippen molar-refractivity contribution in [1.82, 2.24) is 4.90 Å². The maximum atomic E-state index is 12.4. The summed E-state index contributed by atoms with van der Waals surface area (Å²) in [7, 11) is 0. The van der Waals surface area contributed by atoms with Gasteiger partial charge in [0.15, 0.2) is 0 Å². The van der Waals surface area contributed by atoms with Crippen molar-refractivity contribution in [1.29, 1.82) is 0 Å². The number of thioether (sulfide) groups is 1. The molecule has 0 radical (unpaired) electrons. The first-order valence-electron chi connectivity index (χ1n) is 7.18. The summed E-state index contributed by atoms with van der Waals surface area (Å²) in [5, 5.41) is 9.54. The molecule has 1 aliphatic heterocycles. The van der Waals surface area contributed by atoms with E-state index >= 15 is 0 Å². The third kappa shape index (κ3) is 3.18. The second kappa shape index (κ2) is 6.64. The highest BCUT2D eigenvalue weighted by Crippen LogP contribution is 2.34. The lowest BCUT2D eigenvalue weighted by Gasteiger charge is -2.40. The van der Waals surface area contributed by atoms with Gasteiger partial charge in [-0.1, -0.05) is 6.92 Å². The third-order valence-electron chi connectivity index (χ3n) is 4.53. The number of hydrogen-bond acceptors (Lipinski definition) is 3. The minimum Gasteiger partial charge on any atom is -0.396 e. The van der Waals surface area contributed by atoms with Gasteiger partial charge < -0.3 is 10.0 Å². The molecule has 0 saturated carbocycles. The molecular weight excluding hydrogens is 270 g/mol. The van der Waals surface area contributed by atoms with Crippen LogP contribution in [0.3, 0.4) is 0 Å². The van der Waals surface area contributed by atoms with Gasteiger partial charge in [-0.2, -0.15) is 0 Å². The van der Waals surface area contributed by atoms with E-state index in [1.54, 1.807) is 11.8 Å². The zero-order valence-electron chi connectivity index (χ0n) is 12.3. The smallest absolute Gasteiger partial charge is 0.253 e. The van der Waals surface area contributed by atoms with Crippen molar-refractivity contribution >= 4 is 17.7 Å². The minimum atomic E-state index is 0.0273. The molecule has 1 N–H and O–H groups in total. The van der Waals surface area contributed by atoms with Crippen molar-refractivity contribution in [3.63, 3.8) is 0 Å². The van der Waals surface area contributed by atoms with E-state index in [4.69, 9.17) is 0 Å². The molecule has 1 amide bonds. The predicted molar refractivity (Wildman–Crippen MR) is 83.2 cm³/mol. The summed E-state index contributed by atoms with van der Waals surface area (Å²) in [4.78, 5) is 15.5. The van der Waals surface area contributed by atoms with Gasteiger partial charge in [-0.3, -0.25) is 4.79 Å². The van der Waals surface area contributed by atoms with E-state index in [2.05, 4.69) is 6.92 Å². The van der Waals surface area contributed by atoms with Crippen LogP contribution in [0, 0.1) is 5.41 Å². The zero-order chi connectivity index (χ0) is 14.6. The highest BCUT2D eigenvalue weighted by molar-refractivity contribution is 7.98. The van der Waals surface area contributed by atoms with Crippen LogP contribution in [0.5, 0.6) is 0 Å². The fourth-order valence-corrected chi connectivity index (χ4v) is 3.13. The van der Waals surface area contributed by atoms with E-state index in [0.29, 0.717) is 0 Å². The molecule has 1 heterocycles. The molecular formula is C16H23NO2S. The molecule has 110 valence electrons. The Morgan fingerprint density at radius 2 is 1.90 bits per heavy atom. The summed E-state index contributed by atoms with van der Waals surface area (Å²) in [6, 6.07) is 7.79. The van der Waals surface area contributed by atoms with Gasteiger partial charge in [0.05, 0.1) is 0 Å². The number of amides is 1. The molecule has 0 spiro atoms. The third-order valence-corrected chi connectivity index (χ3v) is 5.28. The van der Waals surface area contributed by atoms with Crippen molar-refractivity contribution in [2.24, 2.45) is 5.41 Å². The number of carbonyl (C=O) groups excluding carboxylic acids is 1. The molecule has 0 bridgehead atoms. The summed E-state index contributed by atoms with van der Waals surface area (Å²) in [5.41, 5.74) is 0.787. The first-order chi connectivity index (χ1) is 9.64. The average molecular weight is 293 g/mol. The number of aliphatic hydroxyl groups excluding tert-OH is 1. The summed E-state index contributed by atoms with van der Waals surface area (Å²) in [5.74, 6) is 0.111. The van der Waals surface area contributed by atoms with Gasteiger partial charge in [-0.25, -0.2) is 0 Å². The second-order valence-electron chi connectivity index (χ2n) is 5.53. The Labute approximate surface area is 125 Å². The maximum Gasteiger partial charge on any atom is 0.253 e. The summed E-state index contributed by atoms with van der Waals surface area (Å²) >= 11 is 1.68. The lowest BCUT2D eigenvalue weighted by atomic mass is 9.77. The Bertz CT molecular complexity index is 444. The molecule has 3 nitrogen and oxygen atoms in total. The quantitative estimate of drug-likeness (QED) is 0.868. The molecule has 0 aromatic heterocycles. The summed E-state index contributed by atoms with van der Waals surface area (Å²) in [6.45, 7) is 3.85. The Balaban J connectivity index is 2.00. The number of rotatable bonds is 4. The molecule has 1 fully saturated rings. The Morgan fingerprint density at radius 1 is 1.30 bits per heavy atom. The molecule has 1 aromatic carbocycles. The molecule has 20 heavy (non-hydrogen) atoms. The van der Waals surface area contributed by atoms with E-state index in [0.717, 1.165) is 37.9 Å². The van der Waals surface area contributed by atoms with Gasteiger partial charge in [0.25, 0.3) is 5.91 Å². The summed E-state index contributed by atoms with van der Waals surface area (Å²) in [6.07, 6.45) is 4.80. The van der Waals surface area contributed by atoms with Crippen LogP contribution in [0.4, 0.5) is 0 Å². The van der Waals surface area contributed by atoms with Crippen LogP contribution in [0.15, 0.2) is 29.2 Å². The molecule has 0 unspecified atom stereocenters. The fraction of sp³-hybridized carbons (Fsp3) is 0.562. The Morgan fingerprint density at radius 3 is 2.35 bits per heavy atom. The van der Waals surface area contributed by atoms with E-state index in [1.165, 1.54) is 4.90 Å². The Hall–Kier alpha value is -1.00. The van der Waals surface area contributed by atoms with Crippen LogP contribution in [-0.4, -0.2) is 41.9 Å². The lowest BCUT2D eigenvalue weighted by molar-refractivity contribution is 0.0338. The highest BCUT2D eigenvalue weighted by atomic mass is 32.2. The molecule has 0 aliphatic carbocycles. The zero-order valence-corrected chi connectivity index (χ0v) is 13.1. The number of piperidine rings is 1. The number of aliphatic hydroxyl groups is 1. The van der Waals surface area contributed by atoms with E-state index in [9.17, 15) is 9.90 Å². The fourth-order valence-electron chi connectivity index (χ4n) is 2.72. The van der Waals surface area contributed by atoms with Crippen LogP contribution in [0.25, 0.3) is 0 Å². The first kappa shape index (κ1) is 15.4. The van der Waals surface area contributed by atoms with Crippen molar-refractivity contribution in [2.45, 2.75) is 31.1 Å². The molecule has 1 aliphatic rings. The Kier molecular flexibility index (Phi) is 5.11. The number of nitrogens with zero attached hydrogens (tertiary/aromatic N) is 1. The van der Waals surface area contributed by atoms with Crippen molar-refractivity contribution < 1.29 is 9.90 Å². The highest BCUT2D eigenvalue weighted by Gasteiger charge is 2.34. The van der Waals surface area contributed by atoms with E-state index in [1.807, 2.05) is 35.4 Å². The predicted octanol–water partition coefficient (Wildman–Crippen LogP) is 3.03. The van der Waals surface area contributed by atoms with Gasteiger partial charge in [0.1, 0.15) is 0 Å². The van der Waals surface area contributed by atoms with E-state index < -0.39 is 0 Å². The van der Waals surface area contributed by atoms with Crippen LogP contribution in [0.2, 0.25) is 0 Å². The number of hydrogen-bond donors (Lipinski definition) is 1. The number of carbonyl (C=O) groups is 1. The van der Waals surface area contributed by atoms with Gasteiger partial charge in [0, 0.05) is 30.2 Å². The SMILES string of the molecule is CCC1(CO)CCN(C(=O)c2ccc(SC)cc2)CC1. The minimum absolute atomic E-state index is 0.0273. The topological polar surface area (TPSA) is 40.5 Å². The molecule has 0 atom stereocenters. The van der Waals surface area contributed by atoms with Crippen molar-refractivity contribution in [3.05, 3.63) is 29.8 Å². The molecule has 4 heteroatoms. The standard InChI is InChI=1S/C16H23NO2S/c1-3-16(12-18)8-10-17(11-9-16)15(19)13-4-6-14(20-2)7-5-13/h4-7,18H,3,8-12H2,1-2H3. The average Bonchev–Trinajstić information content (AvgIpc) is 2.54. The first-order valence-corrected chi connectivity index (χ1v) is 8.41. The normalized spacial score (nSPS) is 18.1. The number of likely N-dealkylation sites (tertiary alicyclic amines) is 1. The van der Waals surface area contributed by atoms with Crippen LogP contribution in [-0.2, 0) is 0 Å². The largest absolute Gasteiger partial charge is 0.396 e. The van der Waals surface area contributed by atoms with Gasteiger partial charge in [-0.05, 0) is 55.2 Å². The second-order valence-corrected chi connectivity index (χ2v) is 6.41. The molecule has 1 aromatic rings. The van der Waals surface area contributed by atoms with E-state index in [-0.39, 0.29) is 17.9 Å². The maximum absolute atomic E-state index is 12.4. The number of benzene rings is 1.